The fraction of sp³-hybridized carbons (Fsp3) is 0.111. The lowest BCUT2D eigenvalue weighted by molar-refractivity contribution is 0.273. The van der Waals surface area contributed by atoms with Crippen molar-refractivity contribution >= 4 is 22.1 Å². The Hall–Kier alpha value is -1.88. The maximum Gasteiger partial charge on any atom is 0.180 e. The van der Waals surface area contributed by atoms with Crippen molar-refractivity contribution in [2.24, 2.45) is 0 Å². The molecular formula is C9H7N3O2. The predicted octanol–water partition coefficient (Wildman–Crippen LogP) is 1.20. The fourth-order valence-corrected chi connectivity index (χ4v) is 1.49. The number of pyridine rings is 1. The zero-order valence-electron chi connectivity index (χ0n) is 7.19. The number of aromatic nitrogens is 3. The summed E-state index contributed by atoms with van der Waals surface area (Å²) in [7, 11) is 0. The number of aromatic amines is 1. The van der Waals surface area contributed by atoms with Crippen LogP contribution in [0.25, 0.3) is 22.1 Å². The van der Waals surface area contributed by atoms with Gasteiger partial charge in [-0.1, -0.05) is 0 Å². The summed E-state index contributed by atoms with van der Waals surface area (Å²) in [5.74, 6) is 0.519. The van der Waals surface area contributed by atoms with Gasteiger partial charge in [0, 0.05) is 6.07 Å². The van der Waals surface area contributed by atoms with E-state index in [0.29, 0.717) is 16.9 Å². The van der Waals surface area contributed by atoms with Gasteiger partial charge in [-0.05, 0) is 0 Å². The smallest absolute Gasteiger partial charge is 0.180 e. The molecular weight excluding hydrogens is 182 g/mol. The van der Waals surface area contributed by atoms with Crippen molar-refractivity contribution in [3.63, 3.8) is 0 Å². The summed E-state index contributed by atoms with van der Waals surface area (Å²) in [5.41, 5.74) is 2.91. The minimum Gasteiger partial charge on any atom is -0.460 e. The highest BCUT2D eigenvalue weighted by Crippen LogP contribution is 2.21. The Labute approximate surface area is 78.4 Å². The molecule has 0 spiro atoms. The standard InChI is InChI=1S/C9H7N3O2/c13-4-7-11-6-3-10-5-1-2-14-9(5)8(6)12-7/h1-3,13H,4H2,(H,11,12). The van der Waals surface area contributed by atoms with E-state index in [1.54, 1.807) is 18.5 Å². The predicted molar refractivity (Wildman–Crippen MR) is 49.6 cm³/mol. The van der Waals surface area contributed by atoms with Crippen molar-refractivity contribution < 1.29 is 9.52 Å². The van der Waals surface area contributed by atoms with Gasteiger partial charge in [0.2, 0.25) is 0 Å². The van der Waals surface area contributed by atoms with Gasteiger partial charge >= 0.3 is 0 Å². The Morgan fingerprint density at radius 1 is 1.50 bits per heavy atom. The summed E-state index contributed by atoms with van der Waals surface area (Å²) < 4.78 is 5.26. The van der Waals surface area contributed by atoms with Crippen molar-refractivity contribution in [2.45, 2.75) is 6.61 Å². The van der Waals surface area contributed by atoms with Gasteiger partial charge in [-0.25, -0.2) is 4.98 Å². The molecule has 0 atom stereocenters. The number of hydrogen-bond acceptors (Lipinski definition) is 4. The van der Waals surface area contributed by atoms with Gasteiger partial charge in [-0.2, -0.15) is 0 Å². The van der Waals surface area contributed by atoms with E-state index < -0.39 is 0 Å². The molecule has 3 aromatic rings. The first-order chi connectivity index (χ1) is 6.88. The molecule has 0 saturated heterocycles. The maximum absolute atomic E-state index is 8.92. The van der Waals surface area contributed by atoms with Gasteiger partial charge in [0.1, 0.15) is 23.5 Å². The molecule has 0 fully saturated rings. The SMILES string of the molecule is OCc1nc2c(cnc3ccoc32)[nH]1. The monoisotopic (exact) mass is 189 g/mol. The molecule has 5 nitrogen and oxygen atoms in total. The van der Waals surface area contributed by atoms with Crippen molar-refractivity contribution in [1.29, 1.82) is 0 Å². The Balaban J connectivity index is 2.49. The number of aliphatic hydroxyl groups excluding tert-OH is 1. The van der Waals surface area contributed by atoms with Gasteiger partial charge in [0.05, 0.1) is 18.0 Å². The van der Waals surface area contributed by atoms with Crippen LogP contribution < -0.4 is 0 Å². The second-order valence-corrected chi connectivity index (χ2v) is 3.00. The van der Waals surface area contributed by atoms with Crippen LogP contribution in [0, 0.1) is 0 Å². The average Bonchev–Trinajstić information content (AvgIpc) is 2.82. The van der Waals surface area contributed by atoms with Crippen molar-refractivity contribution in [1.82, 2.24) is 15.0 Å². The molecule has 0 aromatic carbocycles. The molecule has 14 heavy (non-hydrogen) atoms. The van der Waals surface area contributed by atoms with E-state index in [-0.39, 0.29) is 6.61 Å². The molecule has 0 aliphatic rings. The highest BCUT2D eigenvalue weighted by atomic mass is 16.3. The van der Waals surface area contributed by atoms with E-state index in [2.05, 4.69) is 15.0 Å². The average molecular weight is 189 g/mol. The van der Waals surface area contributed by atoms with Crippen LogP contribution in [-0.2, 0) is 6.61 Å². The normalized spacial score (nSPS) is 11.5. The third-order valence-corrected chi connectivity index (χ3v) is 2.12. The molecule has 0 saturated carbocycles. The Bertz CT molecular complexity index is 596. The summed E-state index contributed by atoms with van der Waals surface area (Å²) in [5, 5.41) is 8.92. The third kappa shape index (κ3) is 0.869. The Morgan fingerprint density at radius 3 is 3.29 bits per heavy atom. The number of imidazole rings is 1. The van der Waals surface area contributed by atoms with E-state index in [9.17, 15) is 0 Å². The van der Waals surface area contributed by atoms with E-state index in [0.717, 1.165) is 11.0 Å². The Kier molecular flexibility index (Phi) is 1.37. The number of nitrogens with one attached hydrogen (secondary N) is 1. The quantitative estimate of drug-likeness (QED) is 0.603. The molecule has 0 bridgehead atoms. The number of aliphatic hydroxyl groups is 1. The van der Waals surface area contributed by atoms with E-state index >= 15 is 0 Å². The number of H-pyrrole nitrogens is 1. The minimum absolute atomic E-state index is 0.114. The lowest BCUT2D eigenvalue weighted by atomic mass is 10.3. The topological polar surface area (TPSA) is 74.9 Å². The highest BCUT2D eigenvalue weighted by Gasteiger charge is 2.08. The summed E-state index contributed by atoms with van der Waals surface area (Å²) >= 11 is 0. The first-order valence-corrected chi connectivity index (χ1v) is 4.20. The largest absolute Gasteiger partial charge is 0.460 e. The van der Waals surface area contributed by atoms with Gasteiger partial charge in [0.25, 0.3) is 0 Å². The minimum atomic E-state index is -0.114. The highest BCUT2D eigenvalue weighted by molar-refractivity contribution is 5.97. The van der Waals surface area contributed by atoms with E-state index in [4.69, 9.17) is 9.52 Å². The van der Waals surface area contributed by atoms with Crippen molar-refractivity contribution in [3.8, 4) is 0 Å². The second-order valence-electron chi connectivity index (χ2n) is 3.00. The summed E-state index contributed by atoms with van der Waals surface area (Å²) in [6.07, 6.45) is 3.25. The molecule has 0 radical (unpaired) electrons. The molecule has 3 aromatic heterocycles. The Morgan fingerprint density at radius 2 is 2.43 bits per heavy atom. The molecule has 70 valence electrons. The number of hydrogen-bond donors (Lipinski definition) is 2. The van der Waals surface area contributed by atoms with Crippen molar-refractivity contribution in [2.75, 3.05) is 0 Å². The van der Waals surface area contributed by atoms with Crippen LogP contribution in [0.1, 0.15) is 5.82 Å². The first-order valence-electron chi connectivity index (χ1n) is 4.20. The van der Waals surface area contributed by atoms with E-state index in [1.807, 2.05) is 0 Å². The third-order valence-electron chi connectivity index (χ3n) is 2.12. The molecule has 0 unspecified atom stereocenters. The molecule has 0 amide bonds. The van der Waals surface area contributed by atoms with Gasteiger partial charge in [-0.3, -0.25) is 4.98 Å². The summed E-state index contributed by atoms with van der Waals surface area (Å²) in [4.78, 5) is 11.3. The van der Waals surface area contributed by atoms with Crippen LogP contribution in [0.15, 0.2) is 22.9 Å². The molecule has 0 aliphatic heterocycles. The number of rotatable bonds is 1. The number of fused-ring (bicyclic) bond motifs is 3. The zero-order chi connectivity index (χ0) is 9.54. The molecule has 3 rings (SSSR count). The van der Waals surface area contributed by atoms with Crippen LogP contribution in [0.3, 0.4) is 0 Å². The van der Waals surface area contributed by atoms with Crippen LogP contribution in [-0.4, -0.2) is 20.1 Å². The second kappa shape index (κ2) is 2.55. The lowest BCUT2D eigenvalue weighted by Crippen LogP contribution is -1.83. The van der Waals surface area contributed by atoms with Gasteiger partial charge in [-0.15, -0.1) is 0 Å². The van der Waals surface area contributed by atoms with Crippen LogP contribution in [0.5, 0.6) is 0 Å². The zero-order valence-corrected chi connectivity index (χ0v) is 7.19. The van der Waals surface area contributed by atoms with Gasteiger partial charge < -0.3 is 14.5 Å². The fourth-order valence-electron chi connectivity index (χ4n) is 1.49. The first kappa shape index (κ1) is 7.52. The van der Waals surface area contributed by atoms with Crippen molar-refractivity contribution in [3.05, 3.63) is 24.4 Å². The van der Waals surface area contributed by atoms with Gasteiger partial charge in [0.15, 0.2) is 5.58 Å². The molecule has 5 heteroatoms. The van der Waals surface area contributed by atoms with Crippen LogP contribution in [0.4, 0.5) is 0 Å². The molecule has 3 heterocycles. The molecule has 2 N–H and O–H groups in total. The van der Waals surface area contributed by atoms with Crippen LogP contribution >= 0.6 is 0 Å². The summed E-state index contributed by atoms with van der Waals surface area (Å²) in [6.45, 7) is -0.114. The number of furan rings is 1. The maximum atomic E-state index is 8.92. The van der Waals surface area contributed by atoms with E-state index in [1.165, 1.54) is 0 Å². The summed E-state index contributed by atoms with van der Waals surface area (Å²) in [6, 6.07) is 1.78. The van der Waals surface area contributed by atoms with Crippen LogP contribution in [0.2, 0.25) is 0 Å². The lowest BCUT2D eigenvalue weighted by Gasteiger charge is -1.87. The number of nitrogens with zero attached hydrogens (tertiary/aromatic N) is 2. The molecule has 0 aliphatic carbocycles.